The first-order valence-electron chi connectivity index (χ1n) is 7.81. The number of nitrogens with zero attached hydrogens (tertiary/aromatic N) is 1. The highest BCUT2D eigenvalue weighted by molar-refractivity contribution is 5.92. The Morgan fingerprint density at radius 1 is 1.29 bits per heavy atom. The van der Waals surface area contributed by atoms with Crippen molar-refractivity contribution in [1.29, 1.82) is 0 Å². The topological polar surface area (TPSA) is 87.4 Å². The van der Waals surface area contributed by atoms with Gasteiger partial charge in [-0.3, -0.25) is 0 Å². The molecule has 0 saturated carbocycles. The standard InChI is InChI=1S/C18H17N3O3/c1-10-19-14-9-12(6-7-16(14)24-10)20-18(23)21-17-13-5-3-2-4-11(13)8-15(17)22/h2-7,9,15,17,22H,8H2,1H3,(H2,20,21,23)/t15-,17+/m1/s1. The van der Waals surface area contributed by atoms with Crippen LogP contribution in [0.15, 0.2) is 46.9 Å². The molecule has 1 heterocycles. The van der Waals surface area contributed by atoms with E-state index in [2.05, 4.69) is 15.6 Å². The van der Waals surface area contributed by atoms with Crippen LogP contribution in [0.3, 0.4) is 0 Å². The number of carbonyl (C=O) groups excluding carboxylic acids is 1. The van der Waals surface area contributed by atoms with Crippen LogP contribution in [0.1, 0.15) is 23.1 Å². The molecule has 0 radical (unpaired) electrons. The van der Waals surface area contributed by atoms with E-state index in [1.807, 2.05) is 24.3 Å². The number of benzene rings is 2. The van der Waals surface area contributed by atoms with Gasteiger partial charge in [-0.05, 0) is 29.3 Å². The molecule has 0 fully saturated rings. The van der Waals surface area contributed by atoms with Gasteiger partial charge in [0.2, 0.25) is 0 Å². The number of aliphatic hydroxyl groups excluding tert-OH is 1. The molecule has 2 aromatic carbocycles. The Bertz CT molecular complexity index is 919. The maximum Gasteiger partial charge on any atom is 0.319 e. The largest absolute Gasteiger partial charge is 0.441 e. The average Bonchev–Trinajstić information content (AvgIpc) is 3.06. The van der Waals surface area contributed by atoms with E-state index in [4.69, 9.17) is 4.42 Å². The number of amides is 2. The number of aromatic nitrogens is 1. The van der Waals surface area contributed by atoms with Crippen LogP contribution in [-0.4, -0.2) is 22.2 Å². The van der Waals surface area contributed by atoms with Gasteiger partial charge in [0.05, 0.1) is 12.1 Å². The summed E-state index contributed by atoms with van der Waals surface area (Å²) < 4.78 is 5.42. The van der Waals surface area contributed by atoms with Gasteiger partial charge >= 0.3 is 6.03 Å². The Balaban J connectivity index is 1.50. The minimum absolute atomic E-state index is 0.365. The molecule has 24 heavy (non-hydrogen) atoms. The molecule has 1 aromatic heterocycles. The predicted octanol–water partition coefficient (Wildman–Crippen LogP) is 2.92. The minimum atomic E-state index is -0.617. The molecule has 3 aromatic rings. The van der Waals surface area contributed by atoms with Crippen molar-refractivity contribution in [3.8, 4) is 0 Å². The van der Waals surface area contributed by atoms with Gasteiger partial charge in [0.15, 0.2) is 11.5 Å². The summed E-state index contributed by atoms with van der Waals surface area (Å²) in [6.45, 7) is 1.78. The number of rotatable bonds is 2. The summed E-state index contributed by atoms with van der Waals surface area (Å²) in [6, 6.07) is 12.3. The molecular formula is C18H17N3O3. The van der Waals surface area contributed by atoms with E-state index >= 15 is 0 Å². The second kappa shape index (κ2) is 5.65. The molecular weight excluding hydrogens is 306 g/mol. The van der Waals surface area contributed by atoms with Crippen molar-refractivity contribution >= 4 is 22.8 Å². The van der Waals surface area contributed by atoms with Gasteiger partial charge < -0.3 is 20.2 Å². The van der Waals surface area contributed by atoms with Crippen LogP contribution in [-0.2, 0) is 6.42 Å². The molecule has 4 rings (SSSR count). The Labute approximate surface area is 138 Å². The molecule has 6 heteroatoms. The van der Waals surface area contributed by atoms with Gasteiger partial charge in [-0.2, -0.15) is 0 Å². The number of aryl methyl sites for hydroxylation is 1. The second-order valence-electron chi connectivity index (χ2n) is 5.96. The third-order valence-electron chi connectivity index (χ3n) is 4.24. The molecule has 0 spiro atoms. The van der Waals surface area contributed by atoms with E-state index < -0.39 is 12.1 Å². The van der Waals surface area contributed by atoms with Crippen molar-refractivity contribution in [2.45, 2.75) is 25.5 Å². The molecule has 2 atom stereocenters. The van der Waals surface area contributed by atoms with Gasteiger partial charge in [0, 0.05) is 19.0 Å². The van der Waals surface area contributed by atoms with E-state index in [1.54, 1.807) is 25.1 Å². The highest BCUT2D eigenvalue weighted by atomic mass is 16.3. The summed E-state index contributed by atoms with van der Waals surface area (Å²) in [4.78, 5) is 16.5. The summed E-state index contributed by atoms with van der Waals surface area (Å²) in [6.07, 6.45) is -0.0699. The molecule has 0 unspecified atom stereocenters. The maximum atomic E-state index is 12.3. The van der Waals surface area contributed by atoms with E-state index in [-0.39, 0.29) is 6.03 Å². The number of hydrogen-bond acceptors (Lipinski definition) is 4. The molecule has 122 valence electrons. The maximum absolute atomic E-state index is 12.3. The molecule has 1 aliphatic carbocycles. The van der Waals surface area contributed by atoms with Crippen molar-refractivity contribution in [3.63, 3.8) is 0 Å². The SMILES string of the molecule is Cc1nc2cc(NC(=O)N[C@H]3c4ccccc4C[C@H]3O)ccc2o1. The van der Waals surface area contributed by atoms with Crippen molar-refractivity contribution in [1.82, 2.24) is 10.3 Å². The van der Waals surface area contributed by atoms with Gasteiger partial charge in [-0.1, -0.05) is 24.3 Å². The average molecular weight is 323 g/mol. The van der Waals surface area contributed by atoms with Crippen LogP contribution >= 0.6 is 0 Å². The Morgan fingerprint density at radius 3 is 3.00 bits per heavy atom. The molecule has 1 aliphatic rings. The normalized spacial score (nSPS) is 19.2. The molecule has 2 amide bonds. The fourth-order valence-electron chi connectivity index (χ4n) is 3.18. The third kappa shape index (κ3) is 2.61. The first-order chi connectivity index (χ1) is 11.6. The van der Waals surface area contributed by atoms with Crippen molar-refractivity contribution in [3.05, 3.63) is 59.5 Å². The lowest BCUT2D eigenvalue weighted by atomic mass is 10.1. The fraction of sp³-hybridized carbons (Fsp3) is 0.222. The van der Waals surface area contributed by atoms with Crippen molar-refractivity contribution in [2.75, 3.05) is 5.32 Å². The van der Waals surface area contributed by atoms with E-state index in [0.717, 1.165) is 11.1 Å². The Hall–Kier alpha value is -2.86. The second-order valence-corrected chi connectivity index (χ2v) is 5.96. The van der Waals surface area contributed by atoms with Crippen LogP contribution in [0.2, 0.25) is 0 Å². The third-order valence-corrected chi connectivity index (χ3v) is 4.24. The zero-order valence-corrected chi connectivity index (χ0v) is 13.1. The van der Waals surface area contributed by atoms with Crippen molar-refractivity contribution in [2.24, 2.45) is 0 Å². The highest BCUT2D eigenvalue weighted by Gasteiger charge is 2.31. The zero-order chi connectivity index (χ0) is 16.7. The van der Waals surface area contributed by atoms with Crippen LogP contribution in [0.25, 0.3) is 11.1 Å². The molecule has 0 bridgehead atoms. The van der Waals surface area contributed by atoms with Gasteiger partial charge in [0.1, 0.15) is 5.52 Å². The number of hydrogen-bond donors (Lipinski definition) is 3. The van der Waals surface area contributed by atoms with E-state index in [1.165, 1.54) is 0 Å². The number of nitrogens with one attached hydrogen (secondary N) is 2. The lowest BCUT2D eigenvalue weighted by Gasteiger charge is -2.18. The number of oxazole rings is 1. The number of anilines is 1. The quantitative estimate of drug-likeness (QED) is 0.677. The fourth-order valence-corrected chi connectivity index (χ4v) is 3.18. The van der Waals surface area contributed by atoms with Gasteiger partial charge in [-0.25, -0.2) is 9.78 Å². The number of aliphatic hydroxyl groups is 1. The summed E-state index contributed by atoms with van der Waals surface area (Å²) >= 11 is 0. The lowest BCUT2D eigenvalue weighted by molar-refractivity contribution is 0.144. The first kappa shape index (κ1) is 14.7. The first-order valence-corrected chi connectivity index (χ1v) is 7.81. The predicted molar refractivity (Wildman–Crippen MR) is 89.8 cm³/mol. The Kier molecular flexibility index (Phi) is 3.46. The van der Waals surface area contributed by atoms with Crippen molar-refractivity contribution < 1.29 is 14.3 Å². The van der Waals surface area contributed by atoms with Crippen LogP contribution < -0.4 is 10.6 Å². The lowest BCUT2D eigenvalue weighted by Crippen LogP contribution is -2.36. The molecule has 6 nitrogen and oxygen atoms in total. The minimum Gasteiger partial charge on any atom is -0.441 e. The number of fused-ring (bicyclic) bond motifs is 2. The van der Waals surface area contributed by atoms with E-state index in [9.17, 15) is 9.90 Å². The van der Waals surface area contributed by atoms with Gasteiger partial charge in [-0.15, -0.1) is 0 Å². The monoisotopic (exact) mass is 323 g/mol. The number of carbonyl (C=O) groups is 1. The summed E-state index contributed by atoms with van der Waals surface area (Å²) in [7, 11) is 0. The summed E-state index contributed by atoms with van der Waals surface area (Å²) in [5.41, 5.74) is 4.02. The van der Waals surface area contributed by atoms with Crippen LogP contribution in [0.5, 0.6) is 0 Å². The summed E-state index contributed by atoms with van der Waals surface area (Å²) in [5, 5.41) is 15.8. The summed E-state index contributed by atoms with van der Waals surface area (Å²) in [5.74, 6) is 0.581. The van der Waals surface area contributed by atoms with Crippen LogP contribution in [0, 0.1) is 6.92 Å². The Morgan fingerprint density at radius 2 is 2.12 bits per heavy atom. The molecule has 0 aliphatic heterocycles. The van der Waals surface area contributed by atoms with Crippen LogP contribution in [0.4, 0.5) is 10.5 Å². The van der Waals surface area contributed by atoms with E-state index in [0.29, 0.717) is 29.1 Å². The molecule has 3 N–H and O–H groups in total. The smallest absolute Gasteiger partial charge is 0.319 e. The molecule has 0 saturated heterocycles. The van der Waals surface area contributed by atoms with Gasteiger partial charge in [0.25, 0.3) is 0 Å². The number of urea groups is 1. The highest BCUT2D eigenvalue weighted by Crippen LogP contribution is 2.31. The zero-order valence-electron chi connectivity index (χ0n) is 13.1.